The van der Waals surface area contributed by atoms with Gasteiger partial charge in [-0.15, -0.1) is 0 Å². The van der Waals surface area contributed by atoms with Gasteiger partial charge in [-0.25, -0.2) is 26.7 Å². The van der Waals surface area contributed by atoms with Crippen LogP contribution in [0.5, 0.6) is 0 Å². The summed E-state index contributed by atoms with van der Waals surface area (Å²) in [6.07, 6.45) is -4.79. The molecule has 0 bridgehead atoms. The predicted octanol–water partition coefficient (Wildman–Crippen LogP) is 3.61. The minimum atomic E-state index is -4.78. The minimum Gasteiger partial charge on any atom is -0.347 e. The molecule has 2 aliphatic rings. The van der Waals surface area contributed by atoms with E-state index in [4.69, 9.17) is 5.14 Å². The summed E-state index contributed by atoms with van der Waals surface area (Å²) in [5.74, 6) is -7.08. The molecule has 1 heterocycles. The Balaban J connectivity index is 1.60. The Morgan fingerprint density at radius 1 is 1.11 bits per heavy atom. The molecule has 2 fully saturated rings. The highest BCUT2D eigenvalue weighted by Gasteiger charge is 2.51. The molecule has 2 aromatic rings. The van der Waals surface area contributed by atoms with Gasteiger partial charge in [-0.05, 0) is 49.1 Å². The summed E-state index contributed by atoms with van der Waals surface area (Å²) in [7, 11) is -4.20. The summed E-state index contributed by atoms with van der Waals surface area (Å²) in [5.41, 5.74) is -1.74. The molecular formula is C23H21F6N3O4S. The van der Waals surface area contributed by atoms with Crippen molar-refractivity contribution in [3.05, 3.63) is 65.0 Å². The maximum Gasteiger partial charge on any atom is 0.416 e. The van der Waals surface area contributed by atoms with E-state index in [0.717, 1.165) is 18.2 Å². The van der Waals surface area contributed by atoms with Gasteiger partial charge in [0.05, 0.1) is 23.0 Å². The van der Waals surface area contributed by atoms with Crippen LogP contribution in [-0.4, -0.2) is 43.6 Å². The van der Waals surface area contributed by atoms with E-state index < -0.39 is 75.3 Å². The van der Waals surface area contributed by atoms with Crippen LogP contribution in [0.2, 0.25) is 0 Å². The first kappa shape index (κ1) is 26.9. The van der Waals surface area contributed by atoms with Gasteiger partial charge in [-0.1, -0.05) is 12.1 Å². The highest BCUT2D eigenvalue weighted by molar-refractivity contribution is 7.89. The summed E-state index contributed by atoms with van der Waals surface area (Å²) in [5, 5.41) is 7.50. The Hall–Kier alpha value is -3.13. The number of halogens is 6. The van der Waals surface area contributed by atoms with Crippen LogP contribution >= 0.6 is 0 Å². The number of hydrogen-bond donors (Lipinski definition) is 2. The molecule has 2 aromatic carbocycles. The Labute approximate surface area is 207 Å². The number of benzene rings is 2. The fraction of sp³-hybridized carbons (Fsp3) is 0.391. The molecular weight excluding hydrogens is 528 g/mol. The zero-order valence-corrected chi connectivity index (χ0v) is 19.8. The Kier molecular flexibility index (Phi) is 6.78. The molecule has 0 aromatic heterocycles. The monoisotopic (exact) mass is 549 g/mol. The van der Waals surface area contributed by atoms with Crippen LogP contribution in [0.1, 0.15) is 46.8 Å². The lowest BCUT2D eigenvalue weighted by molar-refractivity contribution is -0.137. The Bertz CT molecular complexity index is 1340. The number of carbonyl (C=O) groups is 2. The molecule has 1 aliphatic carbocycles. The van der Waals surface area contributed by atoms with E-state index in [1.165, 1.54) is 12.1 Å². The number of amides is 2. The molecule has 3 N–H and O–H groups in total. The molecule has 1 saturated heterocycles. The highest BCUT2D eigenvalue weighted by Crippen LogP contribution is 2.43. The van der Waals surface area contributed by atoms with Gasteiger partial charge < -0.3 is 10.2 Å². The number of hydrogen-bond acceptors (Lipinski definition) is 4. The smallest absolute Gasteiger partial charge is 0.347 e. The van der Waals surface area contributed by atoms with Crippen molar-refractivity contribution < 1.29 is 44.3 Å². The van der Waals surface area contributed by atoms with Crippen molar-refractivity contribution in [1.29, 1.82) is 0 Å². The van der Waals surface area contributed by atoms with Crippen molar-refractivity contribution in [2.24, 2.45) is 11.1 Å². The van der Waals surface area contributed by atoms with Gasteiger partial charge in [-0.2, -0.15) is 13.2 Å². The van der Waals surface area contributed by atoms with E-state index in [0.29, 0.717) is 29.9 Å². The lowest BCUT2D eigenvalue weighted by Crippen LogP contribution is -2.47. The molecule has 14 heteroatoms. The topological polar surface area (TPSA) is 110 Å². The van der Waals surface area contributed by atoms with Crippen molar-refractivity contribution in [2.45, 2.75) is 48.3 Å². The third kappa shape index (κ3) is 5.90. The van der Waals surface area contributed by atoms with E-state index in [-0.39, 0.29) is 17.0 Å². The van der Waals surface area contributed by atoms with Crippen LogP contribution in [-0.2, 0) is 21.0 Å². The standard InChI is InChI=1S/C23H21F6N3O4S/c24-17-9-14(23(27,28)29)6-7-16(17)19(12-4-5-12)31-20(33)18-10-22(25,26)11-32(18)21(34)13-2-1-3-15(8-13)37(30,35)36/h1-3,6-9,12,18-19H,4-5,10-11H2,(H,31,33)(H2,30,35,36)/t18-,19?/m1/s1. The van der Waals surface area contributed by atoms with Crippen LogP contribution in [0, 0.1) is 11.7 Å². The number of carbonyl (C=O) groups excluding carboxylic acids is 2. The second-order valence-electron chi connectivity index (χ2n) is 9.14. The first-order valence-electron chi connectivity index (χ1n) is 11.1. The van der Waals surface area contributed by atoms with Crippen LogP contribution < -0.4 is 10.5 Å². The zero-order valence-electron chi connectivity index (χ0n) is 18.9. The number of rotatable bonds is 6. The molecule has 7 nitrogen and oxygen atoms in total. The van der Waals surface area contributed by atoms with E-state index in [2.05, 4.69) is 5.32 Å². The third-order valence-corrected chi connectivity index (χ3v) is 7.21. The Morgan fingerprint density at radius 2 is 1.78 bits per heavy atom. The van der Waals surface area contributed by atoms with Crippen molar-refractivity contribution in [3.63, 3.8) is 0 Å². The lowest BCUT2D eigenvalue weighted by atomic mass is 9.99. The maximum atomic E-state index is 14.6. The lowest BCUT2D eigenvalue weighted by Gasteiger charge is -2.27. The SMILES string of the molecule is NS(=O)(=O)c1cccc(C(=O)N2CC(F)(F)C[C@@H]2C(=O)NC(c2ccc(C(F)(F)F)cc2F)C2CC2)c1. The molecule has 2 amide bonds. The van der Waals surface area contributed by atoms with Gasteiger partial charge in [0.25, 0.3) is 11.8 Å². The number of sulfonamides is 1. The number of primary sulfonamides is 1. The van der Waals surface area contributed by atoms with Gasteiger partial charge in [0.1, 0.15) is 11.9 Å². The molecule has 1 unspecified atom stereocenters. The number of nitrogens with zero attached hydrogens (tertiary/aromatic N) is 1. The van der Waals surface area contributed by atoms with Gasteiger partial charge in [0.2, 0.25) is 15.9 Å². The van der Waals surface area contributed by atoms with Crippen molar-refractivity contribution >= 4 is 21.8 Å². The van der Waals surface area contributed by atoms with E-state index in [9.17, 15) is 44.3 Å². The summed E-state index contributed by atoms with van der Waals surface area (Å²) in [6, 6.07) is 3.44. The molecule has 1 saturated carbocycles. The van der Waals surface area contributed by atoms with Gasteiger partial charge in [0, 0.05) is 17.5 Å². The summed E-state index contributed by atoms with van der Waals surface area (Å²) in [6.45, 7) is -1.13. The Morgan fingerprint density at radius 3 is 2.35 bits per heavy atom. The van der Waals surface area contributed by atoms with Gasteiger partial charge in [-0.3, -0.25) is 9.59 Å². The largest absolute Gasteiger partial charge is 0.416 e. The zero-order chi connectivity index (χ0) is 27.3. The summed E-state index contributed by atoms with van der Waals surface area (Å²) in [4.78, 5) is 26.3. The van der Waals surface area contributed by atoms with Crippen molar-refractivity contribution in [2.75, 3.05) is 6.54 Å². The van der Waals surface area contributed by atoms with Gasteiger partial charge >= 0.3 is 6.18 Å². The van der Waals surface area contributed by atoms with Crippen LogP contribution in [0.4, 0.5) is 26.3 Å². The predicted molar refractivity (Wildman–Crippen MR) is 117 cm³/mol. The fourth-order valence-corrected chi connectivity index (χ4v) is 4.88. The molecule has 4 rings (SSSR count). The average molecular weight is 549 g/mol. The highest BCUT2D eigenvalue weighted by atomic mass is 32.2. The summed E-state index contributed by atoms with van der Waals surface area (Å²) < 4.78 is 105. The maximum absolute atomic E-state index is 14.6. The van der Waals surface area contributed by atoms with Crippen LogP contribution in [0.25, 0.3) is 0 Å². The van der Waals surface area contributed by atoms with Crippen molar-refractivity contribution in [1.82, 2.24) is 10.2 Å². The first-order valence-corrected chi connectivity index (χ1v) is 12.6. The number of nitrogens with two attached hydrogens (primary N) is 1. The van der Waals surface area contributed by atoms with E-state index in [1.54, 1.807) is 0 Å². The first-order chi connectivity index (χ1) is 17.1. The molecule has 2 atom stereocenters. The number of alkyl halides is 5. The minimum absolute atomic E-state index is 0.229. The molecule has 0 spiro atoms. The average Bonchev–Trinajstić information content (AvgIpc) is 3.58. The van der Waals surface area contributed by atoms with E-state index in [1.807, 2.05) is 0 Å². The normalized spacial score (nSPS) is 20.5. The fourth-order valence-electron chi connectivity index (χ4n) is 4.32. The summed E-state index contributed by atoms with van der Waals surface area (Å²) >= 11 is 0. The van der Waals surface area contributed by atoms with Crippen LogP contribution in [0.15, 0.2) is 47.4 Å². The van der Waals surface area contributed by atoms with Gasteiger partial charge in [0.15, 0.2) is 0 Å². The quantitative estimate of drug-likeness (QED) is 0.537. The second-order valence-corrected chi connectivity index (χ2v) is 10.7. The number of nitrogens with one attached hydrogen (secondary N) is 1. The number of likely N-dealkylation sites (tertiary alicyclic amines) is 1. The molecule has 0 radical (unpaired) electrons. The molecule has 37 heavy (non-hydrogen) atoms. The van der Waals surface area contributed by atoms with E-state index >= 15 is 0 Å². The third-order valence-electron chi connectivity index (χ3n) is 6.30. The van der Waals surface area contributed by atoms with Crippen LogP contribution in [0.3, 0.4) is 0 Å². The second kappa shape index (κ2) is 9.31. The molecule has 1 aliphatic heterocycles. The molecule has 200 valence electrons. The van der Waals surface area contributed by atoms with Crippen molar-refractivity contribution in [3.8, 4) is 0 Å².